The van der Waals surface area contributed by atoms with E-state index < -0.39 is 10.1 Å². The summed E-state index contributed by atoms with van der Waals surface area (Å²) in [6.45, 7) is 1.77. The van der Waals surface area contributed by atoms with E-state index in [1.807, 2.05) is 0 Å². The van der Waals surface area contributed by atoms with Crippen LogP contribution in [-0.2, 0) is 19.0 Å². The zero-order valence-corrected chi connectivity index (χ0v) is 9.95. The molecule has 0 heterocycles. The average molecular weight is 246 g/mol. The molecule has 0 saturated carbocycles. The number of benzene rings is 1. The lowest BCUT2D eigenvalue weighted by molar-refractivity contribution is 0.149. The monoisotopic (exact) mass is 246 g/mol. The topological polar surface area (TPSA) is 72.8 Å². The van der Waals surface area contributed by atoms with Crippen molar-refractivity contribution in [2.45, 2.75) is 11.8 Å². The van der Waals surface area contributed by atoms with Gasteiger partial charge in [-0.15, -0.1) is 0 Å². The highest BCUT2D eigenvalue weighted by molar-refractivity contribution is 7.86. The standard InChI is InChI=1S/C10H14O5S/c1-8-3-4-9(11)7-10(8)16(12,13)15-6-5-14-2/h3-4,7,11H,5-6H2,1-2H3. The minimum Gasteiger partial charge on any atom is -0.508 e. The van der Waals surface area contributed by atoms with Gasteiger partial charge in [0.25, 0.3) is 10.1 Å². The van der Waals surface area contributed by atoms with E-state index in [0.29, 0.717) is 5.56 Å². The van der Waals surface area contributed by atoms with E-state index in [1.165, 1.54) is 19.2 Å². The van der Waals surface area contributed by atoms with Crippen LogP contribution in [0.5, 0.6) is 5.75 Å². The molecule has 0 aromatic heterocycles. The molecule has 0 aliphatic carbocycles. The van der Waals surface area contributed by atoms with Crippen LogP contribution >= 0.6 is 0 Å². The smallest absolute Gasteiger partial charge is 0.297 e. The Bertz CT molecular complexity index is 452. The number of aromatic hydroxyl groups is 1. The maximum Gasteiger partial charge on any atom is 0.297 e. The Kier molecular flexibility index (Phi) is 4.28. The van der Waals surface area contributed by atoms with Crippen LogP contribution < -0.4 is 0 Å². The summed E-state index contributed by atoms with van der Waals surface area (Å²) < 4.78 is 32.8. The number of methoxy groups -OCH3 is 1. The number of rotatable bonds is 5. The molecule has 1 aromatic rings. The lowest BCUT2D eigenvalue weighted by Gasteiger charge is -2.08. The van der Waals surface area contributed by atoms with E-state index in [9.17, 15) is 13.5 Å². The summed E-state index contributed by atoms with van der Waals surface area (Å²) in [5.74, 6) is -0.112. The molecule has 0 aliphatic heterocycles. The summed E-state index contributed by atoms with van der Waals surface area (Å²) in [5.41, 5.74) is 0.523. The summed E-state index contributed by atoms with van der Waals surface area (Å²) in [7, 11) is -2.37. The minimum absolute atomic E-state index is 0.0244. The van der Waals surface area contributed by atoms with Gasteiger partial charge in [0.1, 0.15) is 10.6 Å². The number of phenolic OH excluding ortho intramolecular Hbond substituents is 1. The molecular formula is C10H14O5S. The minimum atomic E-state index is -3.83. The van der Waals surface area contributed by atoms with Crippen molar-refractivity contribution >= 4 is 10.1 Å². The molecule has 0 aliphatic rings. The van der Waals surface area contributed by atoms with Gasteiger partial charge >= 0.3 is 0 Å². The van der Waals surface area contributed by atoms with Crippen molar-refractivity contribution in [2.75, 3.05) is 20.3 Å². The first-order valence-corrected chi connectivity index (χ1v) is 6.06. The molecule has 0 radical (unpaired) electrons. The van der Waals surface area contributed by atoms with Crippen molar-refractivity contribution in [3.63, 3.8) is 0 Å². The number of hydrogen-bond acceptors (Lipinski definition) is 5. The predicted molar refractivity (Wildman–Crippen MR) is 57.9 cm³/mol. The lowest BCUT2D eigenvalue weighted by atomic mass is 10.2. The number of aryl methyl sites for hydroxylation is 1. The maximum atomic E-state index is 11.7. The molecule has 0 unspecified atom stereocenters. The number of ether oxygens (including phenoxy) is 1. The Hall–Kier alpha value is -1.11. The van der Waals surface area contributed by atoms with E-state index >= 15 is 0 Å². The van der Waals surface area contributed by atoms with Crippen molar-refractivity contribution in [1.29, 1.82) is 0 Å². The van der Waals surface area contributed by atoms with Crippen molar-refractivity contribution in [1.82, 2.24) is 0 Å². The van der Waals surface area contributed by atoms with Gasteiger partial charge in [-0.1, -0.05) is 6.07 Å². The van der Waals surface area contributed by atoms with Crippen molar-refractivity contribution in [2.24, 2.45) is 0 Å². The van der Waals surface area contributed by atoms with Gasteiger partial charge in [0.05, 0.1) is 13.2 Å². The molecule has 0 saturated heterocycles. The van der Waals surface area contributed by atoms with Gasteiger partial charge in [-0.3, -0.25) is 4.18 Å². The Morgan fingerprint density at radius 3 is 2.62 bits per heavy atom. The molecule has 1 aromatic carbocycles. The first-order chi connectivity index (χ1) is 7.47. The lowest BCUT2D eigenvalue weighted by Crippen LogP contribution is -2.11. The van der Waals surface area contributed by atoms with Crippen LogP contribution in [0.2, 0.25) is 0 Å². The van der Waals surface area contributed by atoms with Crippen LogP contribution in [0.1, 0.15) is 5.56 Å². The summed E-state index contributed by atoms with van der Waals surface area (Å²) in [6.07, 6.45) is 0. The summed E-state index contributed by atoms with van der Waals surface area (Å²) in [4.78, 5) is -0.0244. The predicted octanol–water partition coefficient (Wildman–Crippen LogP) is 1.05. The van der Waals surface area contributed by atoms with Crippen LogP contribution in [0.4, 0.5) is 0 Å². The van der Waals surface area contributed by atoms with Crippen molar-refractivity contribution in [3.05, 3.63) is 23.8 Å². The third-order valence-corrected chi connectivity index (χ3v) is 3.42. The molecule has 0 fully saturated rings. The van der Waals surface area contributed by atoms with Crippen molar-refractivity contribution in [3.8, 4) is 5.75 Å². The van der Waals surface area contributed by atoms with Gasteiger partial charge < -0.3 is 9.84 Å². The highest BCUT2D eigenvalue weighted by Gasteiger charge is 2.18. The normalized spacial score (nSPS) is 11.6. The van der Waals surface area contributed by atoms with Crippen LogP contribution in [0.25, 0.3) is 0 Å². The highest BCUT2D eigenvalue weighted by Crippen LogP contribution is 2.22. The molecular weight excluding hydrogens is 232 g/mol. The molecule has 5 nitrogen and oxygen atoms in total. The highest BCUT2D eigenvalue weighted by atomic mass is 32.2. The number of phenols is 1. The fourth-order valence-electron chi connectivity index (χ4n) is 1.15. The molecule has 0 bridgehead atoms. The van der Waals surface area contributed by atoms with Gasteiger partial charge in [-0.05, 0) is 18.6 Å². The molecule has 90 valence electrons. The maximum absolute atomic E-state index is 11.7. The summed E-state index contributed by atoms with van der Waals surface area (Å²) in [5, 5.41) is 9.23. The molecule has 6 heteroatoms. The third-order valence-electron chi connectivity index (χ3n) is 1.97. The van der Waals surface area contributed by atoms with Crippen LogP contribution in [0.15, 0.2) is 23.1 Å². The van der Waals surface area contributed by atoms with E-state index in [0.717, 1.165) is 6.07 Å². The quantitative estimate of drug-likeness (QED) is 0.621. The SMILES string of the molecule is COCCOS(=O)(=O)c1cc(O)ccc1C. The Morgan fingerprint density at radius 2 is 2.00 bits per heavy atom. The first-order valence-electron chi connectivity index (χ1n) is 4.65. The Morgan fingerprint density at radius 1 is 1.31 bits per heavy atom. The summed E-state index contributed by atoms with van der Waals surface area (Å²) in [6, 6.07) is 4.10. The third kappa shape index (κ3) is 3.19. The van der Waals surface area contributed by atoms with Gasteiger partial charge in [-0.2, -0.15) is 8.42 Å². The molecule has 1 N–H and O–H groups in total. The van der Waals surface area contributed by atoms with Crippen LogP contribution in [0.3, 0.4) is 0 Å². The Balaban J connectivity index is 2.93. The first kappa shape index (κ1) is 13.0. The molecule has 0 spiro atoms. The average Bonchev–Trinajstić information content (AvgIpc) is 2.22. The van der Waals surface area contributed by atoms with Gasteiger partial charge in [0.2, 0.25) is 0 Å². The molecule has 0 amide bonds. The number of hydrogen-bond donors (Lipinski definition) is 1. The fourth-order valence-corrected chi connectivity index (χ4v) is 2.29. The van der Waals surface area contributed by atoms with E-state index in [-0.39, 0.29) is 23.9 Å². The van der Waals surface area contributed by atoms with Crippen LogP contribution in [-0.4, -0.2) is 33.8 Å². The van der Waals surface area contributed by atoms with E-state index in [2.05, 4.69) is 4.74 Å². The second-order valence-electron chi connectivity index (χ2n) is 3.22. The second kappa shape index (κ2) is 5.29. The molecule has 16 heavy (non-hydrogen) atoms. The van der Waals surface area contributed by atoms with E-state index in [1.54, 1.807) is 6.92 Å². The fraction of sp³-hybridized carbons (Fsp3) is 0.400. The Labute approximate surface area is 94.7 Å². The largest absolute Gasteiger partial charge is 0.508 e. The summed E-state index contributed by atoms with van der Waals surface area (Å²) >= 11 is 0. The zero-order chi connectivity index (χ0) is 12.2. The second-order valence-corrected chi connectivity index (χ2v) is 4.80. The molecule has 1 rings (SSSR count). The van der Waals surface area contributed by atoms with E-state index in [4.69, 9.17) is 4.18 Å². The zero-order valence-electron chi connectivity index (χ0n) is 9.13. The van der Waals surface area contributed by atoms with Gasteiger partial charge in [0.15, 0.2) is 0 Å². The van der Waals surface area contributed by atoms with Crippen molar-refractivity contribution < 1.29 is 22.4 Å². The van der Waals surface area contributed by atoms with Gasteiger partial charge in [-0.25, -0.2) is 0 Å². The molecule has 0 atom stereocenters. The van der Waals surface area contributed by atoms with Crippen LogP contribution in [0, 0.1) is 6.92 Å². The van der Waals surface area contributed by atoms with Gasteiger partial charge in [0, 0.05) is 13.2 Å².